The quantitative estimate of drug-likeness (QED) is 0.859. The summed E-state index contributed by atoms with van der Waals surface area (Å²) >= 11 is 6.28. The molecule has 0 bridgehead atoms. The van der Waals surface area contributed by atoms with E-state index >= 15 is 0 Å². The van der Waals surface area contributed by atoms with Crippen LogP contribution in [0, 0.1) is 5.92 Å². The number of halogens is 1. The monoisotopic (exact) mass is 238 g/mol. The molecule has 0 amide bonds. The van der Waals surface area contributed by atoms with Crippen LogP contribution in [0.5, 0.6) is 0 Å². The third kappa shape index (κ3) is 2.24. The summed E-state index contributed by atoms with van der Waals surface area (Å²) in [5.41, 5.74) is 7.10. The van der Waals surface area contributed by atoms with Crippen LogP contribution in [0.3, 0.4) is 0 Å². The number of piperidine rings is 1. The van der Waals surface area contributed by atoms with E-state index in [2.05, 4.69) is 24.1 Å². The van der Waals surface area contributed by atoms with Crippen molar-refractivity contribution >= 4 is 11.6 Å². The first-order valence-electron chi connectivity index (χ1n) is 5.88. The van der Waals surface area contributed by atoms with Crippen LogP contribution in [0.2, 0.25) is 5.02 Å². The molecule has 0 aliphatic carbocycles. The van der Waals surface area contributed by atoms with Crippen molar-refractivity contribution in [3.8, 4) is 0 Å². The summed E-state index contributed by atoms with van der Waals surface area (Å²) in [7, 11) is 2.16. The first kappa shape index (κ1) is 11.9. The van der Waals surface area contributed by atoms with Gasteiger partial charge in [-0.15, -0.1) is 0 Å². The number of rotatable bonds is 2. The molecule has 2 atom stereocenters. The Morgan fingerprint density at radius 1 is 1.44 bits per heavy atom. The largest absolute Gasteiger partial charge is 0.330 e. The maximum atomic E-state index is 6.28. The summed E-state index contributed by atoms with van der Waals surface area (Å²) in [5, 5.41) is 0.861. The van der Waals surface area contributed by atoms with E-state index in [1.807, 2.05) is 12.1 Å². The molecule has 0 saturated carbocycles. The summed E-state index contributed by atoms with van der Waals surface area (Å²) in [5.74, 6) is 0.527. The highest BCUT2D eigenvalue weighted by Gasteiger charge is 2.30. The van der Waals surface area contributed by atoms with Gasteiger partial charge in [0.2, 0.25) is 0 Å². The van der Waals surface area contributed by atoms with Gasteiger partial charge in [0.05, 0.1) is 0 Å². The van der Waals surface area contributed by atoms with Gasteiger partial charge >= 0.3 is 0 Å². The maximum Gasteiger partial charge on any atom is 0.0453 e. The highest BCUT2D eigenvalue weighted by Crippen LogP contribution is 2.37. The molecule has 1 aliphatic rings. The average Bonchev–Trinajstić information content (AvgIpc) is 2.30. The topological polar surface area (TPSA) is 29.3 Å². The molecule has 0 radical (unpaired) electrons. The van der Waals surface area contributed by atoms with Crippen LogP contribution in [-0.4, -0.2) is 25.0 Å². The molecule has 0 spiro atoms. The molecule has 1 aromatic carbocycles. The Hall–Kier alpha value is -0.570. The standard InChI is InChI=1S/C13H19ClN2/c1-16-8-4-5-10(9-15)13(16)11-6-2-3-7-12(11)14/h2-3,6-7,10,13H,4-5,8-9,15H2,1H3/t10-,13+/m0/s1. The maximum absolute atomic E-state index is 6.28. The van der Waals surface area contributed by atoms with Crippen LogP contribution in [0.25, 0.3) is 0 Å². The van der Waals surface area contributed by atoms with Gasteiger partial charge < -0.3 is 5.73 Å². The zero-order chi connectivity index (χ0) is 11.5. The Balaban J connectivity index is 2.32. The molecule has 1 saturated heterocycles. The van der Waals surface area contributed by atoms with E-state index in [1.165, 1.54) is 18.4 Å². The van der Waals surface area contributed by atoms with Gasteiger partial charge in [0.1, 0.15) is 0 Å². The molecule has 1 heterocycles. The molecule has 0 unspecified atom stereocenters. The van der Waals surface area contributed by atoms with Crippen LogP contribution in [-0.2, 0) is 0 Å². The van der Waals surface area contributed by atoms with Gasteiger partial charge in [0.15, 0.2) is 0 Å². The van der Waals surface area contributed by atoms with E-state index in [4.69, 9.17) is 17.3 Å². The van der Waals surface area contributed by atoms with E-state index in [-0.39, 0.29) is 0 Å². The molecule has 2 N–H and O–H groups in total. The van der Waals surface area contributed by atoms with Crippen molar-refractivity contribution in [2.24, 2.45) is 11.7 Å². The van der Waals surface area contributed by atoms with Gasteiger partial charge in [0.25, 0.3) is 0 Å². The molecule has 1 aliphatic heterocycles. The molecular formula is C13H19ClN2. The van der Waals surface area contributed by atoms with Crippen LogP contribution < -0.4 is 5.73 Å². The minimum Gasteiger partial charge on any atom is -0.330 e. The smallest absolute Gasteiger partial charge is 0.0453 e. The summed E-state index contributed by atoms with van der Waals surface area (Å²) in [4.78, 5) is 2.38. The molecule has 0 aromatic heterocycles. The fourth-order valence-corrected chi connectivity index (χ4v) is 2.96. The van der Waals surface area contributed by atoms with Crippen LogP contribution in [0.15, 0.2) is 24.3 Å². The number of likely N-dealkylation sites (tertiary alicyclic amines) is 1. The Morgan fingerprint density at radius 2 is 2.19 bits per heavy atom. The van der Waals surface area contributed by atoms with Gasteiger partial charge in [-0.2, -0.15) is 0 Å². The van der Waals surface area contributed by atoms with Crippen molar-refractivity contribution in [3.63, 3.8) is 0 Å². The minimum absolute atomic E-state index is 0.382. The summed E-state index contributed by atoms with van der Waals surface area (Å²) in [6, 6.07) is 8.50. The third-order valence-electron chi connectivity index (χ3n) is 3.53. The minimum atomic E-state index is 0.382. The first-order valence-corrected chi connectivity index (χ1v) is 6.26. The van der Waals surface area contributed by atoms with Crippen LogP contribution >= 0.6 is 11.6 Å². The van der Waals surface area contributed by atoms with Crippen molar-refractivity contribution in [1.82, 2.24) is 4.90 Å². The summed E-state index contributed by atoms with van der Waals surface area (Å²) < 4.78 is 0. The molecule has 2 rings (SSSR count). The van der Waals surface area contributed by atoms with E-state index < -0.39 is 0 Å². The fourth-order valence-electron chi connectivity index (χ4n) is 2.71. The number of benzene rings is 1. The Bertz CT molecular complexity index is 354. The van der Waals surface area contributed by atoms with Gasteiger partial charge in [-0.25, -0.2) is 0 Å². The first-order chi connectivity index (χ1) is 7.74. The second-order valence-electron chi connectivity index (χ2n) is 4.58. The predicted octanol–water partition coefficient (Wildman–Crippen LogP) is 2.68. The van der Waals surface area contributed by atoms with Gasteiger partial charge in [0, 0.05) is 11.1 Å². The lowest BCUT2D eigenvalue weighted by molar-refractivity contribution is 0.125. The third-order valence-corrected chi connectivity index (χ3v) is 3.88. The molecule has 1 fully saturated rings. The molecule has 16 heavy (non-hydrogen) atoms. The predicted molar refractivity (Wildman–Crippen MR) is 68.6 cm³/mol. The average molecular weight is 239 g/mol. The van der Waals surface area contributed by atoms with Gasteiger partial charge in [-0.05, 0) is 50.5 Å². The van der Waals surface area contributed by atoms with Gasteiger partial charge in [-0.1, -0.05) is 29.8 Å². The molecule has 1 aromatic rings. The second kappa shape index (κ2) is 5.17. The Labute approximate surface area is 102 Å². The Morgan fingerprint density at radius 3 is 2.88 bits per heavy atom. The van der Waals surface area contributed by atoms with Crippen LogP contribution in [0.1, 0.15) is 24.4 Å². The number of nitrogens with two attached hydrogens (primary N) is 1. The summed E-state index contributed by atoms with van der Waals surface area (Å²) in [6.07, 6.45) is 2.44. The van der Waals surface area contributed by atoms with Crippen molar-refractivity contribution in [2.45, 2.75) is 18.9 Å². The number of hydrogen-bond donors (Lipinski definition) is 1. The SMILES string of the molecule is CN1CCC[C@@H](CN)[C@@H]1c1ccccc1Cl. The van der Waals surface area contributed by atoms with Crippen molar-refractivity contribution < 1.29 is 0 Å². The van der Waals surface area contributed by atoms with E-state index in [1.54, 1.807) is 0 Å². The summed E-state index contributed by atoms with van der Waals surface area (Å²) in [6.45, 7) is 1.87. The lowest BCUT2D eigenvalue weighted by atomic mass is 9.85. The van der Waals surface area contributed by atoms with Crippen molar-refractivity contribution in [1.29, 1.82) is 0 Å². The van der Waals surface area contributed by atoms with Crippen molar-refractivity contribution in [3.05, 3.63) is 34.9 Å². The van der Waals surface area contributed by atoms with E-state index in [9.17, 15) is 0 Å². The van der Waals surface area contributed by atoms with Crippen LogP contribution in [0.4, 0.5) is 0 Å². The van der Waals surface area contributed by atoms with E-state index in [0.717, 1.165) is 18.1 Å². The number of nitrogens with zero attached hydrogens (tertiary/aromatic N) is 1. The highest BCUT2D eigenvalue weighted by molar-refractivity contribution is 6.31. The highest BCUT2D eigenvalue weighted by atomic mass is 35.5. The zero-order valence-electron chi connectivity index (χ0n) is 9.70. The van der Waals surface area contributed by atoms with Crippen molar-refractivity contribution in [2.75, 3.05) is 20.1 Å². The normalized spacial score (nSPS) is 26.9. The zero-order valence-corrected chi connectivity index (χ0v) is 10.5. The lowest BCUT2D eigenvalue weighted by Crippen LogP contribution is -2.39. The lowest BCUT2D eigenvalue weighted by Gasteiger charge is -2.39. The van der Waals surface area contributed by atoms with E-state index in [0.29, 0.717) is 12.0 Å². The molecule has 88 valence electrons. The molecule has 2 nitrogen and oxygen atoms in total. The second-order valence-corrected chi connectivity index (χ2v) is 4.99. The molecular weight excluding hydrogens is 220 g/mol. The van der Waals surface area contributed by atoms with Gasteiger partial charge in [-0.3, -0.25) is 4.90 Å². The fraction of sp³-hybridized carbons (Fsp3) is 0.538. The Kier molecular flexibility index (Phi) is 3.85. The number of hydrogen-bond acceptors (Lipinski definition) is 2. The molecule has 3 heteroatoms.